The highest BCUT2D eigenvalue weighted by Crippen LogP contribution is 2.25. The molecule has 5 N–H and O–H groups in total. The van der Waals surface area contributed by atoms with Crippen LogP contribution < -0.4 is 21.5 Å². The minimum atomic E-state index is -0.156. The van der Waals surface area contributed by atoms with Crippen molar-refractivity contribution in [3.8, 4) is 0 Å². The molecule has 1 aliphatic carbocycles. The summed E-state index contributed by atoms with van der Waals surface area (Å²) in [5.74, 6) is 7.50. The molecule has 1 saturated heterocycles. The average molecular weight is 293 g/mol. The van der Waals surface area contributed by atoms with Crippen LogP contribution >= 0.6 is 0 Å². The van der Waals surface area contributed by atoms with E-state index in [1.807, 2.05) is 0 Å². The van der Waals surface area contributed by atoms with E-state index >= 15 is 0 Å². The first-order valence-electron chi connectivity index (χ1n) is 7.64. The van der Waals surface area contributed by atoms with Gasteiger partial charge in [-0.15, -0.1) is 0 Å². The molecule has 2 heterocycles. The Morgan fingerprint density at radius 2 is 1.90 bits per heavy atom. The Balaban J connectivity index is 1.67. The van der Waals surface area contributed by atoms with Gasteiger partial charge in [0.1, 0.15) is 0 Å². The molecule has 1 aliphatic heterocycles. The minimum Gasteiger partial charge on any atom is -0.393 e. The van der Waals surface area contributed by atoms with Gasteiger partial charge in [-0.25, -0.2) is 5.84 Å². The molecular formula is C13H23N7O. The summed E-state index contributed by atoms with van der Waals surface area (Å²) in [5, 5.41) is 12.8. The number of anilines is 3. The number of nitrogens with two attached hydrogens (primary N) is 1. The first-order valence-corrected chi connectivity index (χ1v) is 7.64. The van der Waals surface area contributed by atoms with Gasteiger partial charge in [0, 0.05) is 19.6 Å². The third kappa shape index (κ3) is 3.51. The lowest BCUT2D eigenvalue weighted by Gasteiger charge is -2.17. The topological polar surface area (TPSA) is 112 Å². The van der Waals surface area contributed by atoms with Crippen molar-refractivity contribution < 1.29 is 5.11 Å². The Hall–Kier alpha value is -1.67. The van der Waals surface area contributed by atoms with Crippen molar-refractivity contribution in [3.63, 3.8) is 0 Å². The number of nitrogens with one attached hydrogen (secondary N) is 2. The van der Waals surface area contributed by atoms with Crippen molar-refractivity contribution in [3.05, 3.63) is 0 Å². The van der Waals surface area contributed by atoms with Gasteiger partial charge in [-0.05, 0) is 38.0 Å². The second-order valence-electron chi connectivity index (χ2n) is 5.83. The summed E-state index contributed by atoms with van der Waals surface area (Å²) in [4.78, 5) is 15.2. The second-order valence-corrected chi connectivity index (χ2v) is 5.83. The van der Waals surface area contributed by atoms with Crippen molar-refractivity contribution in [2.45, 2.75) is 38.2 Å². The summed E-state index contributed by atoms with van der Waals surface area (Å²) in [5.41, 5.74) is 2.50. The number of hydrogen-bond acceptors (Lipinski definition) is 8. The molecule has 0 radical (unpaired) electrons. The highest BCUT2D eigenvalue weighted by Gasteiger charge is 2.23. The quantitative estimate of drug-likeness (QED) is 0.454. The summed E-state index contributed by atoms with van der Waals surface area (Å²) in [6.07, 6.45) is 4.95. The fourth-order valence-corrected chi connectivity index (χ4v) is 3.04. The van der Waals surface area contributed by atoms with Crippen LogP contribution in [0.25, 0.3) is 0 Å². The van der Waals surface area contributed by atoms with E-state index in [9.17, 15) is 5.11 Å². The molecular weight excluding hydrogens is 270 g/mol. The lowest BCUT2D eigenvalue weighted by Crippen LogP contribution is -2.24. The average Bonchev–Trinajstić information content (AvgIpc) is 3.16. The molecule has 2 aliphatic rings. The molecule has 1 aromatic heterocycles. The van der Waals surface area contributed by atoms with Crippen molar-refractivity contribution in [2.75, 3.05) is 35.3 Å². The standard InChI is InChI=1S/C13H23N7O/c14-19-12-16-11(15-8-9-3-4-10(21)7-9)17-13(18-12)20-5-1-2-6-20/h9-10,21H,1-8,14H2,(H2,15,16,17,18,19). The fraction of sp³-hybridized carbons (Fsp3) is 0.769. The molecule has 3 rings (SSSR count). The minimum absolute atomic E-state index is 0.156. The third-order valence-corrected chi connectivity index (χ3v) is 4.20. The van der Waals surface area contributed by atoms with Crippen LogP contribution in [-0.2, 0) is 0 Å². The number of aliphatic hydroxyl groups excluding tert-OH is 1. The van der Waals surface area contributed by atoms with Gasteiger partial charge in [0.05, 0.1) is 6.10 Å². The molecule has 8 heteroatoms. The Morgan fingerprint density at radius 3 is 2.57 bits per heavy atom. The highest BCUT2D eigenvalue weighted by atomic mass is 16.3. The van der Waals surface area contributed by atoms with Gasteiger partial charge in [0.15, 0.2) is 0 Å². The van der Waals surface area contributed by atoms with E-state index in [4.69, 9.17) is 5.84 Å². The van der Waals surface area contributed by atoms with Crippen molar-refractivity contribution in [2.24, 2.45) is 11.8 Å². The predicted octanol–water partition coefficient (Wildman–Crippen LogP) is 0.330. The number of nitrogen functional groups attached to an aromatic ring is 1. The van der Waals surface area contributed by atoms with Gasteiger partial charge in [-0.2, -0.15) is 15.0 Å². The Labute approximate surface area is 124 Å². The Bertz CT molecular complexity index is 478. The molecule has 21 heavy (non-hydrogen) atoms. The van der Waals surface area contributed by atoms with Crippen LogP contribution in [-0.4, -0.2) is 45.8 Å². The number of aromatic nitrogens is 3. The zero-order valence-electron chi connectivity index (χ0n) is 12.1. The Kier molecular flexibility index (Phi) is 4.35. The summed E-state index contributed by atoms with van der Waals surface area (Å²) in [6.45, 7) is 2.72. The number of rotatable bonds is 5. The van der Waals surface area contributed by atoms with Gasteiger partial charge >= 0.3 is 0 Å². The molecule has 2 unspecified atom stereocenters. The number of aliphatic hydroxyl groups is 1. The SMILES string of the molecule is NNc1nc(NCC2CCC(O)C2)nc(N2CCCC2)n1. The van der Waals surface area contributed by atoms with Crippen molar-refractivity contribution in [1.29, 1.82) is 0 Å². The lowest BCUT2D eigenvalue weighted by molar-refractivity contribution is 0.178. The first kappa shape index (κ1) is 14.3. The van der Waals surface area contributed by atoms with E-state index in [0.29, 0.717) is 23.8 Å². The molecule has 116 valence electrons. The summed E-state index contributed by atoms with van der Waals surface area (Å²) < 4.78 is 0. The van der Waals surface area contributed by atoms with E-state index in [-0.39, 0.29) is 6.10 Å². The normalized spacial score (nSPS) is 25.3. The van der Waals surface area contributed by atoms with Crippen LogP contribution in [0.3, 0.4) is 0 Å². The zero-order chi connectivity index (χ0) is 14.7. The zero-order valence-corrected chi connectivity index (χ0v) is 12.1. The van der Waals surface area contributed by atoms with Gasteiger partial charge in [0.25, 0.3) is 0 Å². The van der Waals surface area contributed by atoms with Crippen molar-refractivity contribution in [1.82, 2.24) is 15.0 Å². The summed E-state index contributed by atoms with van der Waals surface area (Å²) in [7, 11) is 0. The van der Waals surface area contributed by atoms with Crippen LogP contribution in [0.4, 0.5) is 17.8 Å². The molecule has 1 saturated carbocycles. The maximum atomic E-state index is 9.56. The number of hydrogen-bond donors (Lipinski definition) is 4. The molecule has 0 bridgehead atoms. The largest absolute Gasteiger partial charge is 0.393 e. The van der Waals surface area contributed by atoms with Gasteiger partial charge in [0.2, 0.25) is 17.8 Å². The van der Waals surface area contributed by atoms with Gasteiger partial charge in [-0.1, -0.05) is 0 Å². The van der Waals surface area contributed by atoms with Gasteiger partial charge < -0.3 is 15.3 Å². The van der Waals surface area contributed by atoms with E-state index in [1.54, 1.807) is 0 Å². The molecule has 2 atom stereocenters. The highest BCUT2D eigenvalue weighted by molar-refractivity contribution is 5.43. The predicted molar refractivity (Wildman–Crippen MR) is 80.9 cm³/mol. The number of hydrazine groups is 1. The first-order chi connectivity index (χ1) is 10.2. The number of nitrogens with zero attached hydrogens (tertiary/aromatic N) is 4. The van der Waals surface area contributed by atoms with E-state index < -0.39 is 0 Å². The fourth-order valence-electron chi connectivity index (χ4n) is 3.04. The van der Waals surface area contributed by atoms with E-state index in [1.165, 1.54) is 12.8 Å². The molecule has 0 amide bonds. The third-order valence-electron chi connectivity index (χ3n) is 4.20. The molecule has 8 nitrogen and oxygen atoms in total. The van der Waals surface area contributed by atoms with E-state index in [2.05, 4.69) is 30.6 Å². The van der Waals surface area contributed by atoms with Crippen LogP contribution in [0.2, 0.25) is 0 Å². The maximum absolute atomic E-state index is 9.56. The second kappa shape index (κ2) is 6.40. The smallest absolute Gasteiger partial charge is 0.243 e. The molecule has 1 aromatic rings. The van der Waals surface area contributed by atoms with E-state index in [0.717, 1.165) is 38.9 Å². The van der Waals surface area contributed by atoms with Crippen LogP contribution in [0.1, 0.15) is 32.1 Å². The Morgan fingerprint density at radius 1 is 1.14 bits per heavy atom. The summed E-state index contributed by atoms with van der Waals surface area (Å²) >= 11 is 0. The van der Waals surface area contributed by atoms with Crippen LogP contribution in [0.15, 0.2) is 0 Å². The summed E-state index contributed by atoms with van der Waals surface area (Å²) in [6, 6.07) is 0. The monoisotopic (exact) mass is 293 g/mol. The molecule has 0 aromatic carbocycles. The van der Waals surface area contributed by atoms with Crippen molar-refractivity contribution >= 4 is 17.8 Å². The molecule has 2 fully saturated rings. The van der Waals surface area contributed by atoms with Crippen LogP contribution in [0.5, 0.6) is 0 Å². The van der Waals surface area contributed by atoms with Gasteiger partial charge in [-0.3, -0.25) is 5.43 Å². The lowest BCUT2D eigenvalue weighted by atomic mass is 10.1. The maximum Gasteiger partial charge on any atom is 0.243 e. The van der Waals surface area contributed by atoms with Crippen LogP contribution in [0, 0.1) is 5.92 Å². The molecule has 0 spiro atoms.